The van der Waals surface area contributed by atoms with Crippen LogP contribution in [0.3, 0.4) is 0 Å². The Morgan fingerprint density at radius 3 is 2.62 bits per heavy atom. The maximum Gasteiger partial charge on any atom is 0.119 e. The van der Waals surface area contributed by atoms with Crippen LogP contribution in [0, 0.1) is 0 Å². The monoisotopic (exact) mass is 174 g/mol. The van der Waals surface area contributed by atoms with Gasteiger partial charge in [0.2, 0.25) is 0 Å². The topological polar surface area (TPSA) is 9.23 Å². The minimum atomic E-state index is 0.619. The highest BCUT2D eigenvalue weighted by Crippen LogP contribution is 2.07. The molecule has 0 fully saturated rings. The van der Waals surface area contributed by atoms with Gasteiger partial charge in [-0.2, -0.15) is 0 Å². The van der Waals surface area contributed by atoms with Crippen molar-refractivity contribution >= 4 is 0 Å². The molecule has 13 heavy (non-hydrogen) atoms. The molecule has 1 nitrogen and oxygen atoms in total. The molecule has 0 heterocycles. The molecule has 0 aliphatic rings. The Bertz CT molecular complexity index is 272. The van der Waals surface area contributed by atoms with E-state index in [4.69, 9.17) is 4.74 Å². The van der Waals surface area contributed by atoms with Crippen LogP contribution in [0.4, 0.5) is 0 Å². The summed E-state index contributed by atoms with van der Waals surface area (Å²) >= 11 is 0. The van der Waals surface area contributed by atoms with E-state index in [0.717, 1.165) is 5.75 Å². The summed E-state index contributed by atoms with van der Waals surface area (Å²) in [5.41, 5.74) is 0. The van der Waals surface area contributed by atoms with Crippen molar-refractivity contribution < 1.29 is 4.74 Å². The number of ether oxygens (including phenoxy) is 1. The fourth-order valence-corrected chi connectivity index (χ4v) is 0.906. The summed E-state index contributed by atoms with van der Waals surface area (Å²) in [5.74, 6) is 0.910. The van der Waals surface area contributed by atoms with Crippen LogP contribution in [-0.2, 0) is 0 Å². The second kappa shape index (κ2) is 6.06. The highest BCUT2D eigenvalue weighted by Gasteiger charge is 1.85. The summed E-state index contributed by atoms with van der Waals surface area (Å²) < 4.78 is 5.43. The van der Waals surface area contributed by atoms with E-state index in [2.05, 4.69) is 0 Å². The molecule has 68 valence electrons. The Kier molecular flexibility index (Phi) is 4.47. The van der Waals surface area contributed by atoms with Crippen LogP contribution in [0.2, 0.25) is 0 Å². The number of para-hydroxylation sites is 1. The SMILES string of the molecule is C/C=C/C=C/COc1ccccc1. The van der Waals surface area contributed by atoms with Crippen LogP contribution in [0.15, 0.2) is 54.6 Å². The zero-order valence-electron chi connectivity index (χ0n) is 7.81. The fourth-order valence-electron chi connectivity index (χ4n) is 0.906. The predicted octanol–water partition coefficient (Wildman–Crippen LogP) is 3.20. The van der Waals surface area contributed by atoms with Crippen molar-refractivity contribution in [3.8, 4) is 5.75 Å². The van der Waals surface area contributed by atoms with Gasteiger partial charge in [0.05, 0.1) is 0 Å². The molecule has 0 bridgehead atoms. The van der Waals surface area contributed by atoms with E-state index in [9.17, 15) is 0 Å². The Labute approximate surface area is 79.4 Å². The van der Waals surface area contributed by atoms with Gasteiger partial charge in [-0.15, -0.1) is 0 Å². The molecule has 0 spiro atoms. The second-order valence-electron chi connectivity index (χ2n) is 2.58. The molecule has 0 amide bonds. The van der Waals surface area contributed by atoms with Crippen molar-refractivity contribution in [2.24, 2.45) is 0 Å². The van der Waals surface area contributed by atoms with Crippen LogP contribution < -0.4 is 4.74 Å². The maximum atomic E-state index is 5.43. The van der Waals surface area contributed by atoms with Gasteiger partial charge in [0.1, 0.15) is 12.4 Å². The van der Waals surface area contributed by atoms with Gasteiger partial charge in [0, 0.05) is 0 Å². The van der Waals surface area contributed by atoms with Crippen LogP contribution >= 0.6 is 0 Å². The summed E-state index contributed by atoms with van der Waals surface area (Å²) in [6.45, 7) is 2.61. The number of hydrogen-bond acceptors (Lipinski definition) is 1. The molecule has 1 heteroatoms. The lowest BCUT2D eigenvalue weighted by molar-refractivity contribution is 0.363. The molecule has 0 aromatic heterocycles. The summed E-state index contributed by atoms with van der Waals surface area (Å²) in [5, 5.41) is 0. The van der Waals surface area contributed by atoms with Gasteiger partial charge in [0.15, 0.2) is 0 Å². The third-order valence-electron chi connectivity index (χ3n) is 1.53. The molecular formula is C12H14O. The molecule has 0 aliphatic heterocycles. The van der Waals surface area contributed by atoms with E-state index >= 15 is 0 Å². The van der Waals surface area contributed by atoms with E-state index < -0.39 is 0 Å². The number of rotatable bonds is 4. The van der Waals surface area contributed by atoms with Crippen molar-refractivity contribution in [2.45, 2.75) is 6.92 Å². The first-order valence-electron chi connectivity index (χ1n) is 4.39. The Balaban J connectivity index is 2.28. The highest BCUT2D eigenvalue weighted by molar-refractivity contribution is 5.21. The molecular weight excluding hydrogens is 160 g/mol. The summed E-state index contributed by atoms with van der Waals surface area (Å²) in [6.07, 6.45) is 7.92. The van der Waals surface area contributed by atoms with E-state index in [0.29, 0.717) is 6.61 Å². The minimum absolute atomic E-state index is 0.619. The largest absolute Gasteiger partial charge is 0.490 e. The van der Waals surface area contributed by atoms with Crippen molar-refractivity contribution in [1.82, 2.24) is 0 Å². The third-order valence-corrected chi connectivity index (χ3v) is 1.53. The smallest absolute Gasteiger partial charge is 0.119 e. The van der Waals surface area contributed by atoms with Gasteiger partial charge in [-0.25, -0.2) is 0 Å². The molecule has 0 unspecified atom stereocenters. The van der Waals surface area contributed by atoms with Crippen molar-refractivity contribution in [2.75, 3.05) is 6.61 Å². The summed E-state index contributed by atoms with van der Waals surface area (Å²) in [4.78, 5) is 0. The standard InChI is InChI=1S/C12H14O/c1-2-3-4-8-11-13-12-9-6-5-7-10-12/h2-10H,11H2,1H3/b3-2+,8-4+. The van der Waals surface area contributed by atoms with E-state index in [1.54, 1.807) is 0 Å². The lowest BCUT2D eigenvalue weighted by Crippen LogP contribution is -1.91. The van der Waals surface area contributed by atoms with Gasteiger partial charge in [-0.1, -0.05) is 36.4 Å². The highest BCUT2D eigenvalue weighted by atomic mass is 16.5. The first-order chi connectivity index (χ1) is 6.43. The van der Waals surface area contributed by atoms with Crippen molar-refractivity contribution in [3.05, 3.63) is 54.6 Å². The van der Waals surface area contributed by atoms with Gasteiger partial charge >= 0.3 is 0 Å². The van der Waals surface area contributed by atoms with E-state index in [-0.39, 0.29) is 0 Å². The maximum absolute atomic E-state index is 5.43. The molecule has 0 saturated heterocycles. The van der Waals surface area contributed by atoms with Crippen LogP contribution in [0.5, 0.6) is 5.75 Å². The summed E-state index contributed by atoms with van der Waals surface area (Å²) in [6, 6.07) is 9.80. The quantitative estimate of drug-likeness (QED) is 0.637. The molecule has 0 aliphatic carbocycles. The molecule has 1 aromatic rings. The van der Waals surface area contributed by atoms with Gasteiger partial charge < -0.3 is 4.74 Å². The van der Waals surface area contributed by atoms with Crippen LogP contribution in [-0.4, -0.2) is 6.61 Å². The zero-order valence-corrected chi connectivity index (χ0v) is 7.81. The zero-order chi connectivity index (χ0) is 9.36. The number of benzene rings is 1. The Morgan fingerprint density at radius 1 is 1.15 bits per heavy atom. The molecule has 0 N–H and O–H groups in total. The molecule has 0 atom stereocenters. The average molecular weight is 174 g/mol. The normalized spacial score (nSPS) is 11.2. The van der Waals surface area contributed by atoms with Gasteiger partial charge in [0.25, 0.3) is 0 Å². The first-order valence-corrected chi connectivity index (χ1v) is 4.39. The van der Waals surface area contributed by atoms with Crippen molar-refractivity contribution in [1.29, 1.82) is 0 Å². The lowest BCUT2D eigenvalue weighted by Gasteiger charge is -2.00. The molecule has 0 saturated carbocycles. The van der Waals surface area contributed by atoms with Crippen molar-refractivity contribution in [3.63, 3.8) is 0 Å². The van der Waals surface area contributed by atoms with Crippen LogP contribution in [0.1, 0.15) is 6.92 Å². The van der Waals surface area contributed by atoms with Crippen LogP contribution in [0.25, 0.3) is 0 Å². The van der Waals surface area contributed by atoms with Gasteiger partial charge in [-0.05, 0) is 25.1 Å². The molecule has 0 radical (unpaired) electrons. The third kappa shape index (κ3) is 4.16. The molecule has 1 aromatic carbocycles. The minimum Gasteiger partial charge on any atom is -0.490 e. The predicted molar refractivity (Wildman–Crippen MR) is 55.9 cm³/mol. The Morgan fingerprint density at radius 2 is 1.92 bits per heavy atom. The fraction of sp³-hybridized carbons (Fsp3) is 0.167. The van der Waals surface area contributed by atoms with E-state index in [1.165, 1.54) is 0 Å². The number of hydrogen-bond donors (Lipinski definition) is 0. The second-order valence-corrected chi connectivity index (χ2v) is 2.58. The molecule has 1 rings (SSSR count). The lowest BCUT2D eigenvalue weighted by atomic mass is 10.3. The first kappa shape index (κ1) is 9.59. The summed E-state index contributed by atoms with van der Waals surface area (Å²) in [7, 11) is 0. The Hall–Kier alpha value is -1.50. The number of allylic oxidation sites excluding steroid dienone is 3. The van der Waals surface area contributed by atoms with E-state index in [1.807, 2.05) is 61.6 Å². The average Bonchev–Trinajstić information content (AvgIpc) is 2.19. The van der Waals surface area contributed by atoms with Gasteiger partial charge in [-0.3, -0.25) is 0 Å².